The summed E-state index contributed by atoms with van der Waals surface area (Å²) in [5.41, 5.74) is 2.61. The molecule has 0 radical (unpaired) electrons. The molecule has 26 heavy (non-hydrogen) atoms. The van der Waals surface area contributed by atoms with E-state index in [1.165, 1.54) is 6.07 Å². The number of nitriles is 1. The van der Waals surface area contributed by atoms with Crippen LogP contribution in [-0.4, -0.2) is 22.1 Å². The lowest BCUT2D eigenvalue weighted by molar-refractivity contribution is 0.0921. The quantitative estimate of drug-likeness (QED) is 0.630. The normalized spacial score (nSPS) is 10.6. The van der Waals surface area contributed by atoms with Gasteiger partial charge in [-0.3, -0.25) is 9.36 Å². The van der Waals surface area contributed by atoms with E-state index in [9.17, 15) is 4.79 Å². The maximum Gasteiger partial charge on any atom is 0.202 e. The van der Waals surface area contributed by atoms with E-state index in [0.29, 0.717) is 33.5 Å². The van der Waals surface area contributed by atoms with Crippen molar-refractivity contribution < 1.29 is 14.1 Å². The van der Waals surface area contributed by atoms with Gasteiger partial charge in [0, 0.05) is 23.0 Å². The van der Waals surface area contributed by atoms with Gasteiger partial charge in [-0.1, -0.05) is 16.8 Å². The fourth-order valence-corrected chi connectivity index (χ4v) is 3.00. The van der Waals surface area contributed by atoms with Crippen LogP contribution in [0.2, 0.25) is 5.02 Å². The number of halogens is 1. The summed E-state index contributed by atoms with van der Waals surface area (Å²) in [6.45, 7) is 5.39. The summed E-state index contributed by atoms with van der Waals surface area (Å²) in [4.78, 5) is 12.6. The van der Waals surface area contributed by atoms with Crippen LogP contribution in [0.15, 0.2) is 34.9 Å². The van der Waals surface area contributed by atoms with Crippen molar-refractivity contribution in [1.29, 1.82) is 5.26 Å². The Morgan fingerprint density at radius 3 is 2.69 bits per heavy atom. The van der Waals surface area contributed by atoms with E-state index in [1.807, 2.05) is 31.4 Å². The van der Waals surface area contributed by atoms with Gasteiger partial charge in [-0.15, -0.1) is 0 Å². The summed E-state index contributed by atoms with van der Waals surface area (Å²) in [6.07, 6.45) is 0. The van der Waals surface area contributed by atoms with Gasteiger partial charge in [0.05, 0.1) is 16.7 Å². The molecule has 3 aromatic rings. The second kappa shape index (κ2) is 7.06. The van der Waals surface area contributed by atoms with Crippen LogP contribution in [0.3, 0.4) is 0 Å². The van der Waals surface area contributed by atoms with Gasteiger partial charge in [-0.05, 0) is 45.0 Å². The zero-order chi connectivity index (χ0) is 18.8. The topological polar surface area (TPSA) is 81.0 Å². The van der Waals surface area contributed by atoms with E-state index < -0.39 is 0 Å². The number of hydrogen-bond donors (Lipinski definition) is 0. The Hall–Kier alpha value is -3.04. The van der Waals surface area contributed by atoms with E-state index in [2.05, 4.69) is 5.16 Å². The van der Waals surface area contributed by atoms with Crippen molar-refractivity contribution >= 4 is 17.4 Å². The SMILES string of the molecule is Cc1cc(-n2c(C)cc(C(=O)COc3ccc(C#N)cc3Cl)c2C)no1. The van der Waals surface area contributed by atoms with Gasteiger partial charge in [0.1, 0.15) is 11.5 Å². The monoisotopic (exact) mass is 369 g/mol. The van der Waals surface area contributed by atoms with Gasteiger partial charge in [0.15, 0.2) is 12.4 Å². The van der Waals surface area contributed by atoms with Crippen LogP contribution in [0.5, 0.6) is 5.75 Å². The van der Waals surface area contributed by atoms with E-state index in [1.54, 1.807) is 24.3 Å². The maximum absolute atomic E-state index is 12.6. The van der Waals surface area contributed by atoms with Crippen molar-refractivity contribution in [2.24, 2.45) is 0 Å². The molecule has 0 spiro atoms. The first-order chi connectivity index (χ1) is 12.4. The van der Waals surface area contributed by atoms with E-state index in [4.69, 9.17) is 26.1 Å². The Kier molecular flexibility index (Phi) is 4.83. The summed E-state index contributed by atoms with van der Waals surface area (Å²) in [7, 11) is 0. The zero-order valence-electron chi connectivity index (χ0n) is 14.5. The Bertz CT molecular complexity index is 1030. The third kappa shape index (κ3) is 3.35. The lowest BCUT2D eigenvalue weighted by Crippen LogP contribution is -2.13. The molecule has 1 aromatic carbocycles. The van der Waals surface area contributed by atoms with Crippen LogP contribution in [-0.2, 0) is 0 Å². The molecule has 132 valence electrons. The number of ether oxygens (including phenoxy) is 1. The molecule has 2 aromatic heterocycles. The highest BCUT2D eigenvalue weighted by Gasteiger charge is 2.19. The summed E-state index contributed by atoms with van der Waals surface area (Å²) < 4.78 is 12.5. The standard InChI is InChI=1S/C19H16ClN3O3/c1-11-6-15(13(3)23(11)19-7-12(2)26-22-19)17(24)10-25-18-5-4-14(9-21)8-16(18)20/h4-8H,10H2,1-3H3. The number of nitrogens with zero attached hydrogens (tertiary/aromatic N) is 3. The lowest BCUT2D eigenvalue weighted by Gasteiger charge is -2.08. The molecule has 0 atom stereocenters. The molecule has 0 aliphatic heterocycles. The van der Waals surface area contributed by atoms with E-state index in [-0.39, 0.29) is 12.4 Å². The number of aryl methyl sites for hydroxylation is 2. The number of carbonyl (C=O) groups is 1. The molecule has 0 saturated carbocycles. The van der Waals surface area contributed by atoms with Crippen molar-refractivity contribution in [3.05, 3.63) is 63.6 Å². The maximum atomic E-state index is 12.6. The first-order valence-electron chi connectivity index (χ1n) is 7.89. The minimum Gasteiger partial charge on any atom is -0.484 e. The number of hydrogen-bond acceptors (Lipinski definition) is 5. The fraction of sp³-hybridized carbons (Fsp3) is 0.211. The van der Waals surface area contributed by atoms with Crippen LogP contribution in [0.1, 0.15) is 33.1 Å². The van der Waals surface area contributed by atoms with Gasteiger partial charge in [0.2, 0.25) is 5.78 Å². The Morgan fingerprint density at radius 1 is 1.31 bits per heavy atom. The minimum absolute atomic E-state index is 0.159. The van der Waals surface area contributed by atoms with Crippen molar-refractivity contribution in [3.8, 4) is 17.6 Å². The summed E-state index contributed by atoms with van der Waals surface area (Å²) in [6, 6.07) is 10.3. The number of aromatic nitrogens is 2. The molecule has 0 N–H and O–H groups in total. The molecule has 0 unspecified atom stereocenters. The molecule has 0 aliphatic rings. The average Bonchev–Trinajstić information content (AvgIpc) is 3.16. The van der Waals surface area contributed by atoms with Crippen molar-refractivity contribution in [1.82, 2.24) is 9.72 Å². The van der Waals surface area contributed by atoms with Crippen LogP contribution in [0.25, 0.3) is 5.82 Å². The van der Waals surface area contributed by atoms with Crippen molar-refractivity contribution in [3.63, 3.8) is 0 Å². The van der Waals surface area contributed by atoms with Crippen LogP contribution < -0.4 is 4.74 Å². The zero-order valence-corrected chi connectivity index (χ0v) is 15.3. The van der Waals surface area contributed by atoms with Gasteiger partial charge >= 0.3 is 0 Å². The summed E-state index contributed by atoms with van der Waals surface area (Å²) in [5, 5.41) is 13.2. The smallest absolute Gasteiger partial charge is 0.202 e. The first kappa shape index (κ1) is 17.8. The Balaban J connectivity index is 1.80. The minimum atomic E-state index is -0.176. The molecule has 0 amide bonds. The number of benzene rings is 1. The molecule has 0 fully saturated rings. The highest BCUT2D eigenvalue weighted by Crippen LogP contribution is 2.26. The number of ketones is 1. The highest BCUT2D eigenvalue weighted by atomic mass is 35.5. The molecule has 0 bridgehead atoms. The van der Waals surface area contributed by atoms with Crippen molar-refractivity contribution in [2.45, 2.75) is 20.8 Å². The second-order valence-corrected chi connectivity index (χ2v) is 6.29. The predicted octanol–water partition coefficient (Wildman–Crippen LogP) is 4.18. The Morgan fingerprint density at radius 2 is 2.08 bits per heavy atom. The molecular formula is C19H16ClN3O3. The van der Waals surface area contributed by atoms with Crippen LogP contribution in [0.4, 0.5) is 0 Å². The highest BCUT2D eigenvalue weighted by molar-refractivity contribution is 6.32. The third-order valence-corrected chi connectivity index (χ3v) is 4.29. The molecule has 3 rings (SSSR count). The summed E-state index contributed by atoms with van der Waals surface area (Å²) >= 11 is 6.07. The van der Waals surface area contributed by atoms with Crippen LogP contribution in [0, 0.1) is 32.1 Å². The molecule has 0 aliphatic carbocycles. The van der Waals surface area contributed by atoms with Crippen molar-refractivity contribution in [2.75, 3.05) is 6.61 Å². The number of carbonyl (C=O) groups excluding carboxylic acids is 1. The van der Waals surface area contributed by atoms with Gasteiger partial charge in [-0.25, -0.2) is 0 Å². The van der Waals surface area contributed by atoms with Gasteiger partial charge in [-0.2, -0.15) is 5.26 Å². The van der Waals surface area contributed by atoms with Gasteiger partial charge in [0.25, 0.3) is 0 Å². The fourth-order valence-electron chi connectivity index (χ4n) is 2.76. The predicted molar refractivity (Wildman–Crippen MR) is 96.0 cm³/mol. The molecule has 0 saturated heterocycles. The van der Waals surface area contributed by atoms with E-state index in [0.717, 1.165) is 11.4 Å². The summed E-state index contributed by atoms with van der Waals surface area (Å²) in [5.74, 6) is 1.51. The second-order valence-electron chi connectivity index (χ2n) is 5.88. The number of Topliss-reactive ketones (excluding diaryl/α,β-unsaturated/α-hetero) is 1. The molecule has 6 nitrogen and oxygen atoms in total. The largest absolute Gasteiger partial charge is 0.484 e. The van der Waals surface area contributed by atoms with E-state index >= 15 is 0 Å². The molecular weight excluding hydrogens is 354 g/mol. The number of rotatable bonds is 5. The average molecular weight is 370 g/mol. The van der Waals surface area contributed by atoms with Crippen LogP contribution >= 0.6 is 11.6 Å². The lowest BCUT2D eigenvalue weighted by atomic mass is 10.1. The molecule has 7 heteroatoms. The van der Waals surface area contributed by atoms with Gasteiger partial charge < -0.3 is 9.26 Å². The third-order valence-electron chi connectivity index (χ3n) is 4.00. The Labute approximate surface area is 155 Å². The molecule has 2 heterocycles. The first-order valence-corrected chi connectivity index (χ1v) is 8.26.